The van der Waals surface area contributed by atoms with Gasteiger partial charge in [-0.25, -0.2) is 0 Å². The fraction of sp³-hybridized carbons (Fsp3) is 0.524. The van der Waals surface area contributed by atoms with E-state index in [2.05, 4.69) is 40.9 Å². The van der Waals surface area contributed by atoms with Crippen molar-refractivity contribution in [3.63, 3.8) is 0 Å². The summed E-state index contributed by atoms with van der Waals surface area (Å²) in [5.74, 6) is -0.0510. The molecule has 2 aromatic rings. The number of thiophene rings is 2. The molecule has 5 nitrogen and oxygen atoms in total. The van der Waals surface area contributed by atoms with Gasteiger partial charge in [0, 0.05) is 13.1 Å². The molecule has 0 aliphatic carbocycles. The Morgan fingerprint density at radius 1 is 1.25 bits per heavy atom. The van der Waals surface area contributed by atoms with Gasteiger partial charge in [0.05, 0.1) is 10.9 Å². The number of nitrogens with one attached hydrogen (secondary N) is 1. The predicted octanol–water partition coefficient (Wildman–Crippen LogP) is 4.00. The first-order valence-electron chi connectivity index (χ1n) is 10.0. The Kier molecular flexibility index (Phi) is 7.65. The fourth-order valence-electron chi connectivity index (χ4n) is 3.89. The second-order valence-electron chi connectivity index (χ2n) is 7.03. The Balaban J connectivity index is 1.68. The van der Waals surface area contributed by atoms with Crippen molar-refractivity contribution in [3.8, 4) is 0 Å². The van der Waals surface area contributed by atoms with Gasteiger partial charge in [0.2, 0.25) is 5.91 Å². The molecule has 2 atom stereocenters. The molecule has 1 aliphatic rings. The lowest BCUT2D eigenvalue weighted by Gasteiger charge is -2.35. The number of amides is 2. The van der Waals surface area contributed by atoms with Crippen LogP contribution in [-0.4, -0.2) is 53.8 Å². The first-order chi connectivity index (χ1) is 13.7. The van der Waals surface area contributed by atoms with Crippen molar-refractivity contribution in [3.05, 3.63) is 44.8 Å². The molecule has 0 saturated carbocycles. The van der Waals surface area contributed by atoms with Crippen LogP contribution in [0.2, 0.25) is 0 Å². The van der Waals surface area contributed by atoms with Crippen molar-refractivity contribution in [2.75, 3.05) is 26.2 Å². The Hall–Kier alpha value is -1.70. The van der Waals surface area contributed by atoms with Crippen molar-refractivity contribution in [1.82, 2.24) is 15.1 Å². The molecule has 3 rings (SSSR count). The number of carbonyl (C=O) groups excluding carboxylic acids is 2. The average Bonchev–Trinajstić information content (AvgIpc) is 3.44. The minimum Gasteiger partial charge on any atom is -0.352 e. The lowest BCUT2D eigenvalue weighted by molar-refractivity contribution is -0.126. The van der Waals surface area contributed by atoms with Crippen LogP contribution >= 0.6 is 22.7 Å². The molecular formula is C21H29N3O2S2. The Morgan fingerprint density at radius 2 is 2.07 bits per heavy atom. The number of likely N-dealkylation sites (tertiary alicyclic amines) is 1. The summed E-state index contributed by atoms with van der Waals surface area (Å²) < 4.78 is 0. The Bertz CT molecular complexity index is 742. The van der Waals surface area contributed by atoms with Crippen LogP contribution < -0.4 is 5.32 Å². The molecule has 1 fully saturated rings. The molecule has 2 amide bonds. The lowest BCUT2D eigenvalue weighted by atomic mass is 10.0. The van der Waals surface area contributed by atoms with Gasteiger partial charge in [0.25, 0.3) is 5.91 Å². The highest BCUT2D eigenvalue weighted by Crippen LogP contribution is 2.24. The number of hydrogen-bond acceptors (Lipinski definition) is 5. The van der Waals surface area contributed by atoms with Gasteiger partial charge >= 0.3 is 0 Å². The van der Waals surface area contributed by atoms with Gasteiger partial charge in [-0.1, -0.05) is 19.9 Å². The second-order valence-corrected chi connectivity index (χ2v) is 8.75. The van der Waals surface area contributed by atoms with E-state index in [0.717, 1.165) is 32.4 Å². The molecule has 152 valence electrons. The zero-order chi connectivity index (χ0) is 19.9. The predicted molar refractivity (Wildman–Crippen MR) is 116 cm³/mol. The summed E-state index contributed by atoms with van der Waals surface area (Å²) in [5, 5.41) is 9.29. The number of carbonyl (C=O) groups is 2. The maximum absolute atomic E-state index is 13.0. The maximum atomic E-state index is 13.0. The first-order valence-corrected chi connectivity index (χ1v) is 11.9. The van der Waals surface area contributed by atoms with Crippen molar-refractivity contribution < 1.29 is 9.59 Å². The fourth-order valence-corrected chi connectivity index (χ4v) is 5.28. The highest BCUT2D eigenvalue weighted by molar-refractivity contribution is 7.12. The minimum atomic E-state index is -0.372. The van der Waals surface area contributed by atoms with E-state index in [9.17, 15) is 9.59 Å². The number of piperidine rings is 1. The third kappa shape index (κ3) is 4.82. The zero-order valence-electron chi connectivity index (χ0n) is 16.6. The number of nitrogens with zero attached hydrogens (tertiary/aromatic N) is 2. The van der Waals surface area contributed by atoms with Crippen molar-refractivity contribution in [2.45, 2.75) is 45.2 Å². The molecule has 28 heavy (non-hydrogen) atoms. The number of hydrogen-bond donors (Lipinski definition) is 1. The van der Waals surface area contributed by atoms with Crippen LogP contribution in [0.5, 0.6) is 0 Å². The number of likely N-dealkylation sites (N-methyl/N-ethyl adjacent to an activating group) is 1. The van der Waals surface area contributed by atoms with E-state index >= 15 is 0 Å². The van der Waals surface area contributed by atoms with Crippen LogP contribution in [-0.2, 0) is 4.79 Å². The van der Waals surface area contributed by atoms with Crippen LogP contribution in [0, 0.1) is 0 Å². The molecule has 2 unspecified atom stereocenters. The summed E-state index contributed by atoms with van der Waals surface area (Å²) >= 11 is 3.12. The second kappa shape index (κ2) is 10.2. The quantitative estimate of drug-likeness (QED) is 0.704. The number of rotatable bonds is 8. The molecule has 2 aromatic heterocycles. The summed E-state index contributed by atoms with van der Waals surface area (Å²) in [6.07, 6.45) is 2.67. The van der Waals surface area contributed by atoms with Crippen molar-refractivity contribution >= 4 is 34.5 Å². The third-order valence-corrected chi connectivity index (χ3v) is 7.01. The van der Waals surface area contributed by atoms with Crippen LogP contribution in [0.4, 0.5) is 0 Å². The Labute approximate surface area is 175 Å². The molecule has 3 heterocycles. The molecular weight excluding hydrogens is 390 g/mol. The highest BCUT2D eigenvalue weighted by Gasteiger charge is 2.33. The third-order valence-electron chi connectivity index (χ3n) is 5.45. The average molecular weight is 420 g/mol. The molecule has 0 aromatic carbocycles. The summed E-state index contributed by atoms with van der Waals surface area (Å²) in [4.78, 5) is 30.7. The first kappa shape index (κ1) is 21.0. The molecule has 7 heteroatoms. The minimum absolute atomic E-state index is 0.0204. The van der Waals surface area contributed by atoms with Crippen LogP contribution in [0.25, 0.3) is 0 Å². The van der Waals surface area contributed by atoms with Crippen molar-refractivity contribution in [2.24, 2.45) is 0 Å². The van der Waals surface area contributed by atoms with E-state index in [1.54, 1.807) is 16.2 Å². The van der Waals surface area contributed by atoms with Gasteiger partial charge in [-0.15, -0.1) is 11.3 Å². The molecule has 1 aliphatic heterocycles. The van der Waals surface area contributed by atoms with Crippen LogP contribution in [0.3, 0.4) is 0 Å². The topological polar surface area (TPSA) is 52.7 Å². The molecule has 1 saturated heterocycles. The largest absolute Gasteiger partial charge is 0.352 e. The molecule has 0 spiro atoms. The van der Waals surface area contributed by atoms with E-state index in [1.807, 2.05) is 17.5 Å². The summed E-state index contributed by atoms with van der Waals surface area (Å²) in [5.41, 5.74) is 1.24. The highest BCUT2D eigenvalue weighted by atomic mass is 32.1. The van der Waals surface area contributed by atoms with E-state index in [1.165, 1.54) is 16.9 Å². The van der Waals surface area contributed by atoms with Gasteiger partial charge in [-0.3, -0.25) is 14.5 Å². The van der Waals surface area contributed by atoms with Gasteiger partial charge < -0.3 is 10.2 Å². The standard InChI is InChI=1S/C21H29N3O2S2/c1-3-23(4-2)18(16-10-13-27-15-16)14-22-20(25)17-8-5-6-11-24(17)21(26)19-9-7-12-28-19/h7,9-10,12-13,15,17-18H,3-6,8,11,14H2,1-2H3,(H,22,25). The summed E-state index contributed by atoms with van der Waals surface area (Å²) in [7, 11) is 0. The van der Waals surface area contributed by atoms with E-state index in [4.69, 9.17) is 0 Å². The van der Waals surface area contributed by atoms with Gasteiger partial charge in [-0.05, 0) is 66.2 Å². The van der Waals surface area contributed by atoms with Crippen molar-refractivity contribution in [1.29, 1.82) is 0 Å². The summed E-state index contributed by atoms with van der Waals surface area (Å²) in [6.45, 7) is 7.37. The van der Waals surface area contributed by atoms with Gasteiger partial charge in [0.1, 0.15) is 6.04 Å². The van der Waals surface area contributed by atoms with E-state index < -0.39 is 0 Å². The van der Waals surface area contributed by atoms with E-state index in [0.29, 0.717) is 18.0 Å². The smallest absolute Gasteiger partial charge is 0.264 e. The zero-order valence-corrected chi connectivity index (χ0v) is 18.2. The summed E-state index contributed by atoms with van der Waals surface area (Å²) in [6, 6.07) is 5.64. The van der Waals surface area contributed by atoms with Gasteiger partial charge in [-0.2, -0.15) is 11.3 Å². The van der Waals surface area contributed by atoms with E-state index in [-0.39, 0.29) is 23.9 Å². The molecule has 0 bridgehead atoms. The van der Waals surface area contributed by atoms with Crippen LogP contribution in [0.15, 0.2) is 34.3 Å². The lowest BCUT2D eigenvalue weighted by Crippen LogP contribution is -2.52. The monoisotopic (exact) mass is 419 g/mol. The maximum Gasteiger partial charge on any atom is 0.264 e. The molecule has 1 N–H and O–H groups in total. The SMILES string of the molecule is CCN(CC)C(CNC(=O)C1CCCCN1C(=O)c1cccs1)c1ccsc1. The molecule has 0 radical (unpaired) electrons. The van der Waals surface area contributed by atoms with Crippen LogP contribution in [0.1, 0.15) is 54.4 Å². The normalized spacial score (nSPS) is 18.2. The van der Waals surface area contributed by atoms with Gasteiger partial charge in [0.15, 0.2) is 0 Å². The Morgan fingerprint density at radius 3 is 2.71 bits per heavy atom.